The summed E-state index contributed by atoms with van der Waals surface area (Å²) < 4.78 is 0. The number of halogens is 2. The van der Waals surface area contributed by atoms with Gasteiger partial charge in [-0.1, -0.05) is 19.3 Å². The van der Waals surface area contributed by atoms with Crippen molar-refractivity contribution in [2.24, 2.45) is 0 Å². The average molecular weight is 326 g/mol. The van der Waals surface area contributed by atoms with Crippen molar-refractivity contribution >= 4 is 30.7 Å². The predicted octanol–water partition coefficient (Wildman–Crippen LogP) is 1.96. The Hall–Kier alpha value is -0.0300. The lowest BCUT2D eigenvalue weighted by atomic mass is 9.95. The third-order valence-corrected chi connectivity index (χ3v) is 4.70. The van der Waals surface area contributed by atoms with Crippen molar-refractivity contribution in [1.82, 2.24) is 15.5 Å². The van der Waals surface area contributed by atoms with Gasteiger partial charge in [0.05, 0.1) is 6.04 Å². The van der Waals surface area contributed by atoms with Crippen LogP contribution in [0.3, 0.4) is 0 Å². The maximum absolute atomic E-state index is 12.1. The number of likely N-dealkylation sites (N-methyl/N-ethyl adjacent to an activating group) is 1. The van der Waals surface area contributed by atoms with Crippen LogP contribution in [0.25, 0.3) is 0 Å². The summed E-state index contributed by atoms with van der Waals surface area (Å²) in [5, 5.41) is 6.48. The summed E-state index contributed by atoms with van der Waals surface area (Å²) in [4.78, 5) is 14.4. The van der Waals surface area contributed by atoms with Crippen molar-refractivity contribution in [3.63, 3.8) is 0 Å². The highest BCUT2D eigenvalue weighted by Crippen LogP contribution is 2.33. The molecule has 20 heavy (non-hydrogen) atoms. The topological polar surface area (TPSA) is 44.4 Å². The standard InChI is InChI=1S/C14H27N3O.2ClH/c1-17(2)14(8-4-5-9-14)11-16-13(18)12-7-3-6-10-15-12;;/h12,15H,3-11H2,1-2H3,(H,16,18);2*1H/t12-;;/m0../s1. The van der Waals surface area contributed by atoms with Gasteiger partial charge in [0.2, 0.25) is 5.91 Å². The summed E-state index contributed by atoms with van der Waals surface area (Å²) in [5.41, 5.74) is 0.199. The Bertz CT molecular complexity index is 288. The van der Waals surface area contributed by atoms with Crippen molar-refractivity contribution < 1.29 is 4.79 Å². The van der Waals surface area contributed by atoms with Crippen molar-refractivity contribution in [2.75, 3.05) is 27.2 Å². The van der Waals surface area contributed by atoms with Crippen LogP contribution >= 0.6 is 24.8 Å². The Labute approximate surface area is 135 Å². The number of carbonyl (C=O) groups is 1. The number of carbonyl (C=O) groups excluding carboxylic acids is 1. The Morgan fingerprint density at radius 1 is 1.20 bits per heavy atom. The van der Waals surface area contributed by atoms with Crippen LogP contribution < -0.4 is 10.6 Å². The second kappa shape index (κ2) is 9.08. The second-order valence-corrected chi connectivity index (χ2v) is 6.05. The summed E-state index contributed by atoms with van der Waals surface area (Å²) in [6, 6.07) is 0.0411. The van der Waals surface area contributed by atoms with Crippen LogP contribution in [0.4, 0.5) is 0 Å². The number of amides is 1. The van der Waals surface area contributed by atoms with E-state index in [0.29, 0.717) is 0 Å². The number of rotatable bonds is 4. The van der Waals surface area contributed by atoms with E-state index < -0.39 is 0 Å². The highest BCUT2D eigenvalue weighted by atomic mass is 35.5. The summed E-state index contributed by atoms with van der Waals surface area (Å²) in [5.74, 6) is 0.197. The molecular formula is C14H29Cl2N3O. The van der Waals surface area contributed by atoms with Crippen molar-refractivity contribution in [3.8, 4) is 0 Å². The van der Waals surface area contributed by atoms with Gasteiger partial charge in [-0.05, 0) is 46.3 Å². The smallest absolute Gasteiger partial charge is 0.237 e. The molecule has 2 N–H and O–H groups in total. The molecule has 2 fully saturated rings. The largest absolute Gasteiger partial charge is 0.353 e. The average Bonchev–Trinajstić information content (AvgIpc) is 2.87. The number of hydrogen-bond donors (Lipinski definition) is 2. The van der Waals surface area contributed by atoms with E-state index in [4.69, 9.17) is 0 Å². The molecule has 1 aliphatic carbocycles. The first kappa shape index (κ1) is 20.0. The minimum Gasteiger partial charge on any atom is -0.353 e. The lowest BCUT2D eigenvalue weighted by molar-refractivity contribution is -0.124. The monoisotopic (exact) mass is 325 g/mol. The summed E-state index contributed by atoms with van der Waals surface area (Å²) in [6.07, 6.45) is 8.35. The van der Waals surface area contributed by atoms with Crippen LogP contribution in [-0.2, 0) is 4.79 Å². The molecule has 1 saturated carbocycles. The Morgan fingerprint density at radius 3 is 2.35 bits per heavy atom. The molecule has 4 nitrogen and oxygen atoms in total. The molecule has 0 spiro atoms. The molecule has 0 unspecified atom stereocenters. The molecule has 0 aromatic rings. The Balaban J connectivity index is 0.00000180. The van der Waals surface area contributed by atoms with Gasteiger partial charge in [-0.25, -0.2) is 0 Å². The highest BCUT2D eigenvalue weighted by Gasteiger charge is 2.36. The van der Waals surface area contributed by atoms with Gasteiger partial charge >= 0.3 is 0 Å². The Morgan fingerprint density at radius 2 is 1.85 bits per heavy atom. The van der Waals surface area contributed by atoms with Gasteiger partial charge in [-0.2, -0.15) is 0 Å². The van der Waals surface area contributed by atoms with E-state index >= 15 is 0 Å². The van der Waals surface area contributed by atoms with Crippen LogP contribution in [0.15, 0.2) is 0 Å². The van der Waals surface area contributed by atoms with E-state index in [9.17, 15) is 4.79 Å². The molecule has 2 aliphatic rings. The maximum Gasteiger partial charge on any atom is 0.237 e. The highest BCUT2D eigenvalue weighted by molar-refractivity contribution is 5.85. The molecule has 120 valence electrons. The molecule has 2 rings (SSSR count). The molecule has 1 amide bonds. The SMILES string of the molecule is CN(C)C1(CNC(=O)[C@@H]2CCCCN2)CCCC1.Cl.Cl. The first-order chi connectivity index (χ1) is 8.64. The number of hydrogen-bond acceptors (Lipinski definition) is 3. The summed E-state index contributed by atoms with van der Waals surface area (Å²) in [6.45, 7) is 1.79. The van der Waals surface area contributed by atoms with Gasteiger partial charge in [-0.3, -0.25) is 4.79 Å². The molecule has 1 atom stereocenters. The number of nitrogens with zero attached hydrogens (tertiary/aromatic N) is 1. The minimum absolute atomic E-state index is 0. The molecular weight excluding hydrogens is 297 g/mol. The first-order valence-corrected chi connectivity index (χ1v) is 7.33. The normalized spacial score (nSPS) is 24.6. The molecule has 6 heteroatoms. The van der Waals surface area contributed by atoms with E-state index in [-0.39, 0.29) is 42.3 Å². The molecule has 1 heterocycles. The predicted molar refractivity (Wildman–Crippen MR) is 88.0 cm³/mol. The number of nitrogens with one attached hydrogen (secondary N) is 2. The molecule has 0 bridgehead atoms. The Kier molecular flexibility index (Phi) is 9.07. The molecule has 0 aromatic carbocycles. The second-order valence-electron chi connectivity index (χ2n) is 6.05. The first-order valence-electron chi connectivity index (χ1n) is 7.33. The van der Waals surface area contributed by atoms with Crippen molar-refractivity contribution in [2.45, 2.75) is 56.5 Å². The zero-order valence-corrected chi connectivity index (χ0v) is 14.2. The van der Waals surface area contributed by atoms with Crippen LogP contribution in [0.5, 0.6) is 0 Å². The van der Waals surface area contributed by atoms with E-state index in [1.165, 1.54) is 38.5 Å². The van der Waals surface area contributed by atoms with Gasteiger partial charge in [0, 0.05) is 12.1 Å². The maximum atomic E-state index is 12.1. The molecule has 0 radical (unpaired) electrons. The van der Waals surface area contributed by atoms with E-state index in [2.05, 4.69) is 29.6 Å². The van der Waals surface area contributed by atoms with Gasteiger partial charge in [0.1, 0.15) is 0 Å². The zero-order chi connectivity index (χ0) is 13.0. The lowest BCUT2D eigenvalue weighted by Gasteiger charge is -2.37. The molecule has 1 aliphatic heterocycles. The van der Waals surface area contributed by atoms with Crippen LogP contribution in [0.2, 0.25) is 0 Å². The lowest BCUT2D eigenvalue weighted by Crippen LogP contribution is -2.54. The van der Waals surface area contributed by atoms with Gasteiger partial charge in [0.25, 0.3) is 0 Å². The summed E-state index contributed by atoms with van der Waals surface area (Å²) in [7, 11) is 4.27. The van der Waals surface area contributed by atoms with Gasteiger partial charge in [0.15, 0.2) is 0 Å². The van der Waals surface area contributed by atoms with Gasteiger partial charge in [-0.15, -0.1) is 24.8 Å². The quantitative estimate of drug-likeness (QED) is 0.830. The number of piperidine rings is 1. The summed E-state index contributed by atoms with van der Waals surface area (Å²) >= 11 is 0. The van der Waals surface area contributed by atoms with Crippen molar-refractivity contribution in [3.05, 3.63) is 0 Å². The van der Waals surface area contributed by atoms with E-state index in [1.807, 2.05) is 0 Å². The fourth-order valence-electron chi connectivity index (χ4n) is 3.27. The molecule has 1 saturated heterocycles. The zero-order valence-electron chi connectivity index (χ0n) is 12.6. The van der Waals surface area contributed by atoms with Crippen molar-refractivity contribution in [1.29, 1.82) is 0 Å². The van der Waals surface area contributed by atoms with E-state index in [1.54, 1.807) is 0 Å². The third-order valence-electron chi connectivity index (χ3n) is 4.70. The minimum atomic E-state index is 0. The molecule has 0 aromatic heterocycles. The van der Waals surface area contributed by atoms with Gasteiger partial charge < -0.3 is 15.5 Å². The van der Waals surface area contributed by atoms with Crippen LogP contribution in [-0.4, -0.2) is 49.6 Å². The van der Waals surface area contributed by atoms with Crippen LogP contribution in [0, 0.1) is 0 Å². The van der Waals surface area contributed by atoms with Crippen LogP contribution in [0.1, 0.15) is 44.9 Å². The van der Waals surface area contributed by atoms with E-state index in [0.717, 1.165) is 19.5 Å². The third kappa shape index (κ3) is 4.76. The fourth-order valence-corrected chi connectivity index (χ4v) is 3.27. The fraction of sp³-hybridized carbons (Fsp3) is 0.929.